The van der Waals surface area contributed by atoms with E-state index in [1.54, 1.807) is 7.11 Å². The van der Waals surface area contributed by atoms with Gasteiger partial charge in [-0.2, -0.15) is 0 Å². The molecule has 2 heterocycles. The lowest BCUT2D eigenvalue weighted by Crippen LogP contribution is -2.22. The van der Waals surface area contributed by atoms with E-state index in [1.807, 2.05) is 16.7 Å². The van der Waals surface area contributed by atoms with Crippen molar-refractivity contribution in [3.8, 4) is 0 Å². The summed E-state index contributed by atoms with van der Waals surface area (Å²) in [6, 6.07) is 0. The number of halogens is 2. The van der Waals surface area contributed by atoms with Crippen LogP contribution in [-0.2, 0) is 10.3 Å². The van der Waals surface area contributed by atoms with E-state index in [0.29, 0.717) is 28.1 Å². The normalized spacial score (nSPS) is 18.7. The molecule has 1 aliphatic rings. The Morgan fingerprint density at radius 1 is 1.29 bits per heavy atom. The summed E-state index contributed by atoms with van der Waals surface area (Å²) in [5, 5.41) is 1.92. The van der Waals surface area contributed by atoms with Crippen molar-refractivity contribution in [2.24, 2.45) is 0 Å². The van der Waals surface area contributed by atoms with Crippen molar-refractivity contribution in [1.82, 2.24) is 14.5 Å². The van der Waals surface area contributed by atoms with Gasteiger partial charge in [-0.05, 0) is 32.4 Å². The summed E-state index contributed by atoms with van der Waals surface area (Å²) in [5.74, 6) is 0.389. The number of nitrogen functional groups attached to an aromatic ring is 1. The molecular weight excluding hydrogens is 347 g/mol. The smallest absolute Gasteiger partial charge is 0.147 e. The molecule has 3 rings (SSSR count). The van der Waals surface area contributed by atoms with Gasteiger partial charge in [0.15, 0.2) is 0 Å². The Kier molecular flexibility index (Phi) is 4.36. The molecule has 2 aromatic rings. The molecule has 5 nitrogen and oxygen atoms in total. The second kappa shape index (κ2) is 6.06. The molecule has 24 heavy (non-hydrogen) atoms. The predicted molar refractivity (Wildman–Crippen MR) is 99.3 cm³/mol. The highest BCUT2D eigenvalue weighted by Gasteiger charge is 2.30. The van der Waals surface area contributed by atoms with Crippen LogP contribution in [0.1, 0.15) is 32.8 Å². The lowest BCUT2D eigenvalue weighted by Gasteiger charge is -2.24. The fourth-order valence-electron chi connectivity index (χ4n) is 3.04. The third kappa shape index (κ3) is 2.70. The van der Waals surface area contributed by atoms with E-state index >= 15 is 0 Å². The van der Waals surface area contributed by atoms with E-state index in [1.165, 1.54) is 6.33 Å². The number of aromatic nitrogens is 3. The fraction of sp³-hybridized carbons (Fsp3) is 0.412. The summed E-state index contributed by atoms with van der Waals surface area (Å²) < 4.78 is 7.42. The topological polar surface area (TPSA) is 66.0 Å². The molecule has 0 aliphatic heterocycles. The molecule has 2 aromatic heterocycles. The average Bonchev–Trinajstić information content (AvgIpc) is 2.81. The molecular formula is C17H20Cl2N4O. The van der Waals surface area contributed by atoms with Gasteiger partial charge in [-0.25, -0.2) is 9.97 Å². The van der Waals surface area contributed by atoms with Crippen LogP contribution in [0.2, 0.25) is 5.15 Å². The zero-order chi connectivity index (χ0) is 17.6. The average molecular weight is 367 g/mol. The van der Waals surface area contributed by atoms with Crippen molar-refractivity contribution in [1.29, 1.82) is 0 Å². The highest BCUT2D eigenvalue weighted by Crippen LogP contribution is 2.44. The van der Waals surface area contributed by atoms with Gasteiger partial charge in [0.05, 0.1) is 11.5 Å². The maximum atomic E-state index is 6.78. The predicted octanol–water partition coefficient (Wildman–Crippen LogP) is 4.35. The number of nitrogens with two attached hydrogens (primary N) is 1. The van der Waals surface area contributed by atoms with Gasteiger partial charge in [-0.1, -0.05) is 29.3 Å². The SMILES string of the molecule is CO[C@@H]1C=CC(Cl)=C(c2c(Cl)n(C(C)(C)C)c3ncnc(N)c23)C1. The van der Waals surface area contributed by atoms with E-state index in [-0.39, 0.29) is 11.6 Å². The Bertz CT molecular complexity index is 862. The third-order valence-corrected chi connectivity index (χ3v) is 4.86. The third-order valence-electron chi connectivity index (χ3n) is 4.15. The minimum Gasteiger partial charge on any atom is -0.383 e. The molecule has 1 atom stereocenters. The number of fused-ring (bicyclic) bond motifs is 1. The highest BCUT2D eigenvalue weighted by atomic mass is 35.5. The van der Waals surface area contributed by atoms with Gasteiger partial charge in [-0.3, -0.25) is 0 Å². The van der Waals surface area contributed by atoms with E-state index in [4.69, 9.17) is 33.7 Å². The second-order valence-corrected chi connectivity index (χ2v) is 7.56. The van der Waals surface area contributed by atoms with Crippen LogP contribution in [0.4, 0.5) is 5.82 Å². The van der Waals surface area contributed by atoms with Gasteiger partial charge in [0.2, 0.25) is 0 Å². The highest BCUT2D eigenvalue weighted by molar-refractivity contribution is 6.38. The first-order chi connectivity index (χ1) is 11.3. The Labute approximate surface area is 151 Å². The number of anilines is 1. The summed E-state index contributed by atoms with van der Waals surface area (Å²) in [5.41, 5.74) is 8.28. The number of hydrogen-bond acceptors (Lipinski definition) is 4. The number of hydrogen-bond donors (Lipinski definition) is 1. The van der Waals surface area contributed by atoms with Gasteiger partial charge in [0, 0.05) is 29.7 Å². The van der Waals surface area contributed by atoms with E-state index in [2.05, 4.69) is 30.7 Å². The van der Waals surface area contributed by atoms with Crippen molar-refractivity contribution in [2.75, 3.05) is 12.8 Å². The number of rotatable bonds is 2. The first kappa shape index (κ1) is 17.3. The lowest BCUT2D eigenvalue weighted by atomic mass is 9.95. The molecule has 1 aliphatic carbocycles. The zero-order valence-corrected chi connectivity index (χ0v) is 15.6. The Balaban J connectivity index is 2.37. The molecule has 0 saturated heterocycles. The molecule has 0 unspecified atom stereocenters. The number of methoxy groups -OCH3 is 1. The van der Waals surface area contributed by atoms with Crippen LogP contribution in [0.3, 0.4) is 0 Å². The first-order valence-corrected chi connectivity index (χ1v) is 8.42. The van der Waals surface area contributed by atoms with E-state index < -0.39 is 0 Å². The molecule has 7 heteroatoms. The summed E-state index contributed by atoms with van der Waals surface area (Å²) in [4.78, 5) is 8.56. The standard InChI is InChI=1S/C17H20Cl2N4O/c1-17(2,3)23-14(19)12(13-15(20)21-8-22-16(13)23)10-7-9(24-4)5-6-11(10)18/h5-6,8-9H,7H2,1-4H3,(H2,20,21,22)/t9-/m1/s1. The molecule has 0 aromatic carbocycles. The van der Waals surface area contributed by atoms with Gasteiger partial charge < -0.3 is 15.0 Å². The summed E-state index contributed by atoms with van der Waals surface area (Å²) in [7, 11) is 1.67. The van der Waals surface area contributed by atoms with Gasteiger partial charge in [-0.15, -0.1) is 0 Å². The quantitative estimate of drug-likeness (QED) is 0.857. The maximum absolute atomic E-state index is 6.78. The largest absolute Gasteiger partial charge is 0.383 e. The molecule has 0 bridgehead atoms. The Morgan fingerprint density at radius 2 is 2.00 bits per heavy atom. The summed E-state index contributed by atoms with van der Waals surface area (Å²) in [6.07, 6.45) is 5.78. The monoisotopic (exact) mass is 366 g/mol. The lowest BCUT2D eigenvalue weighted by molar-refractivity contribution is 0.144. The van der Waals surface area contributed by atoms with Crippen LogP contribution in [-0.4, -0.2) is 27.7 Å². The second-order valence-electron chi connectivity index (χ2n) is 6.79. The fourth-order valence-corrected chi connectivity index (χ4v) is 3.82. The van der Waals surface area contributed by atoms with Crippen LogP contribution in [0.25, 0.3) is 16.6 Å². The molecule has 0 spiro atoms. The van der Waals surface area contributed by atoms with E-state index in [0.717, 1.165) is 16.5 Å². The number of ether oxygens (including phenoxy) is 1. The van der Waals surface area contributed by atoms with Crippen molar-refractivity contribution in [3.63, 3.8) is 0 Å². The molecule has 0 amide bonds. The minimum atomic E-state index is -0.271. The van der Waals surface area contributed by atoms with E-state index in [9.17, 15) is 0 Å². The van der Waals surface area contributed by atoms with Crippen LogP contribution in [0.5, 0.6) is 0 Å². The number of nitrogens with zero attached hydrogens (tertiary/aromatic N) is 3. The van der Waals surface area contributed by atoms with Gasteiger partial charge >= 0.3 is 0 Å². The van der Waals surface area contributed by atoms with Crippen molar-refractivity contribution in [3.05, 3.63) is 34.2 Å². The summed E-state index contributed by atoms with van der Waals surface area (Å²) >= 11 is 13.3. The van der Waals surface area contributed by atoms with Crippen molar-refractivity contribution >= 4 is 45.6 Å². The minimum absolute atomic E-state index is 0.0579. The van der Waals surface area contributed by atoms with Crippen LogP contribution in [0.15, 0.2) is 23.5 Å². The van der Waals surface area contributed by atoms with Crippen molar-refractivity contribution < 1.29 is 4.74 Å². The van der Waals surface area contributed by atoms with Crippen LogP contribution >= 0.6 is 23.2 Å². The van der Waals surface area contributed by atoms with Crippen LogP contribution < -0.4 is 5.73 Å². The Morgan fingerprint density at radius 3 is 2.62 bits per heavy atom. The number of allylic oxidation sites excluding steroid dienone is 2. The zero-order valence-electron chi connectivity index (χ0n) is 14.1. The van der Waals surface area contributed by atoms with Crippen molar-refractivity contribution in [2.45, 2.75) is 38.8 Å². The molecule has 0 fully saturated rings. The van der Waals surface area contributed by atoms with Gasteiger partial charge in [0.1, 0.15) is 22.9 Å². The van der Waals surface area contributed by atoms with Gasteiger partial charge in [0.25, 0.3) is 0 Å². The Hall–Kier alpha value is -1.56. The maximum Gasteiger partial charge on any atom is 0.147 e. The molecule has 2 N–H and O–H groups in total. The van der Waals surface area contributed by atoms with Crippen LogP contribution in [0, 0.1) is 0 Å². The molecule has 0 radical (unpaired) electrons. The molecule has 128 valence electrons. The molecule has 0 saturated carbocycles. The first-order valence-electron chi connectivity index (χ1n) is 7.66. The summed E-state index contributed by atoms with van der Waals surface area (Å²) in [6.45, 7) is 6.19.